The Kier molecular flexibility index (Phi) is 5.69. The second kappa shape index (κ2) is 8.73. The van der Waals surface area contributed by atoms with Crippen molar-refractivity contribution < 1.29 is 9.47 Å². The molecule has 0 aliphatic rings. The van der Waals surface area contributed by atoms with Gasteiger partial charge in [0.15, 0.2) is 5.69 Å². The van der Waals surface area contributed by atoms with E-state index in [1.165, 1.54) is 0 Å². The van der Waals surface area contributed by atoms with Gasteiger partial charge >= 0.3 is 0 Å². The Labute approximate surface area is 179 Å². The van der Waals surface area contributed by atoms with Crippen LogP contribution in [0.25, 0.3) is 27.5 Å². The summed E-state index contributed by atoms with van der Waals surface area (Å²) in [4.78, 5) is 11.2. The third kappa shape index (κ3) is 4.29. The maximum Gasteiger partial charge on any atom is 0.187 e. The van der Waals surface area contributed by atoms with E-state index in [1.54, 1.807) is 25.4 Å². The predicted octanol–water partition coefficient (Wildman–Crippen LogP) is 6.54. The molecule has 0 fully saturated rings. The fourth-order valence-electron chi connectivity index (χ4n) is 3.06. The van der Waals surface area contributed by atoms with Gasteiger partial charge in [0.05, 0.1) is 25.6 Å². The van der Waals surface area contributed by atoms with E-state index >= 15 is 0 Å². The molecule has 0 unspecified atom stereocenters. The summed E-state index contributed by atoms with van der Waals surface area (Å²) in [7, 11) is 1.62. The number of rotatable bonds is 6. The number of nitrogens with zero attached hydrogens (tertiary/aromatic N) is 2. The maximum atomic E-state index is 7.01. The molecule has 0 bridgehead atoms. The number of aromatic nitrogens is 2. The van der Waals surface area contributed by atoms with Crippen LogP contribution in [0.3, 0.4) is 0 Å². The fraction of sp³-hybridized carbons (Fsp3) is 0.0833. The molecule has 1 N–H and O–H groups in total. The van der Waals surface area contributed by atoms with Crippen molar-refractivity contribution >= 4 is 17.3 Å². The van der Waals surface area contributed by atoms with Gasteiger partial charge in [-0.2, -0.15) is 0 Å². The number of H-pyrrole nitrogens is 1. The molecule has 0 amide bonds. The van der Waals surface area contributed by atoms with E-state index in [9.17, 15) is 0 Å². The Balaban J connectivity index is 1.53. The number of hydrogen-bond acceptors (Lipinski definition) is 3. The lowest BCUT2D eigenvalue weighted by molar-refractivity contribution is 0.304. The topological polar surface area (TPSA) is 51.5 Å². The Morgan fingerprint density at radius 1 is 1.07 bits per heavy atom. The fourth-order valence-corrected chi connectivity index (χ4v) is 3.25. The second-order valence-corrected chi connectivity index (χ2v) is 7.02. The van der Waals surface area contributed by atoms with Crippen LogP contribution in [0.15, 0.2) is 72.9 Å². The Morgan fingerprint density at radius 3 is 2.63 bits per heavy atom. The van der Waals surface area contributed by atoms with E-state index in [1.807, 2.05) is 54.6 Å². The van der Waals surface area contributed by atoms with Gasteiger partial charge in [-0.25, -0.2) is 9.83 Å². The van der Waals surface area contributed by atoms with Crippen molar-refractivity contribution in [1.29, 1.82) is 0 Å². The Morgan fingerprint density at radius 2 is 1.90 bits per heavy atom. The zero-order valence-corrected chi connectivity index (χ0v) is 17.0. The summed E-state index contributed by atoms with van der Waals surface area (Å²) in [5.41, 5.74) is 4.23. The van der Waals surface area contributed by atoms with E-state index in [2.05, 4.69) is 14.8 Å². The van der Waals surface area contributed by atoms with Gasteiger partial charge in [0.25, 0.3) is 0 Å². The third-order valence-electron chi connectivity index (χ3n) is 4.61. The average molecular weight is 416 g/mol. The van der Waals surface area contributed by atoms with Crippen molar-refractivity contribution in [2.45, 2.75) is 6.61 Å². The maximum absolute atomic E-state index is 7.01. The van der Waals surface area contributed by atoms with Crippen LogP contribution < -0.4 is 9.47 Å². The zero-order valence-electron chi connectivity index (χ0n) is 16.2. The molecule has 6 heteroatoms. The van der Waals surface area contributed by atoms with E-state index < -0.39 is 0 Å². The molecule has 0 saturated heterocycles. The molecule has 4 rings (SSSR count). The van der Waals surface area contributed by atoms with Gasteiger partial charge in [0, 0.05) is 22.2 Å². The zero-order chi connectivity index (χ0) is 20.9. The molecule has 1 aromatic heterocycles. The van der Waals surface area contributed by atoms with Crippen LogP contribution in [0.1, 0.15) is 5.56 Å². The smallest absolute Gasteiger partial charge is 0.187 e. The SMILES string of the molecule is [C-]#[N+]c1ccc(COc2ccc(-c3cnc(-c4cccc(Cl)c4)[nH]3)c(OC)c2)cc1. The lowest BCUT2D eigenvalue weighted by atomic mass is 10.1. The van der Waals surface area contributed by atoms with Crippen molar-refractivity contribution in [3.63, 3.8) is 0 Å². The standard InChI is InChI=1S/C24H18ClN3O2/c1-26-19-8-6-16(7-9-19)15-30-20-10-11-21(23(13-20)29-2)22-14-27-24(28-22)17-4-3-5-18(25)12-17/h3-14H,15H2,2H3,(H,27,28). The summed E-state index contributed by atoms with van der Waals surface area (Å²) in [5, 5.41) is 0.660. The molecule has 0 atom stereocenters. The van der Waals surface area contributed by atoms with Crippen molar-refractivity contribution in [2.24, 2.45) is 0 Å². The highest BCUT2D eigenvalue weighted by atomic mass is 35.5. The number of nitrogens with one attached hydrogen (secondary N) is 1. The van der Waals surface area contributed by atoms with Crippen LogP contribution in [0.5, 0.6) is 11.5 Å². The lowest BCUT2D eigenvalue weighted by Gasteiger charge is -2.11. The van der Waals surface area contributed by atoms with Crippen molar-refractivity contribution in [3.05, 3.63) is 94.9 Å². The summed E-state index contributed by atoms with van der Waals surface area (Å²) in [5.74, 6) is 2.11. The van der Waals surface area contributed by atoms with Gasteiger partial charge in [0.2, 0.25) is 0 Å². The summed E-state index contributed by atoms with van der Waals surface area (Å²) in [6, 6.07) is 20.6. The molecule has 30 heavy (non-hydrogen) atoms. The molecule has 5 nitrogen and oxygen atoms in total. The van der Waals surface area contributed by atoms with Gasteiger partial charge in [-0.1, -0.05) is 48.0 Å². The summed E-state index contributed by atoms with van der Waals surface area (Å²) < 4.78 is 11.5. The summed E-state index contributed by atoms with van der Waals surface area (Å²) >= 11 is 6.08. The minimum atomic E-state index is 0.407. The summed E-state index contributed by atoms with van der Waals surface area (Å²) in [6.45, 7) is 7.42. The number of ether oxygens (including phenoxy) is 2. The van der Waals surface area contributed by atoms with Gasteiger partial charge in [-0.15, -0.1) is 0 Å². The minimum absolute atomic E-state index is 0.407. The van der Waals surface area contributed by atoms with Gasteiger partial charge in [-0.3, -0.25) is 0 Å². The second-order valence-electron chi connectivity index (χ2n) is 6.58. The van der Waals surface area contributed by atoms with Crippen LogP contribution in [-0.4, -0.2) is 17.1 Å². The van der Waals surface area contributed by atoms with E-state index in [-0.39, 0.29) is 0 Å². The average Bonchev–Trinajstić information content (AvgIpc) is 3.28. The normalized spacial score (nSPS) is 10.4. The van der Waals surface area contributed by atoms with E-state index in [0.717, 1.165) is 28.2 Å². The quantitative estimate of drug-likeness (QED) is 0.364. The van der Waals surface area contributed by atoms with Crippen LogP contribution in [0, 0.1) is 6.57 Å². The number of halogens is 1. The molecule has 0 aliphatic heterocycles. The van der Waals surface area contributed by atoms with Crippen LogP contribution >= 0.6 is 11.6 Å². The lowest BCUT2D eigenvalue weighted by Crippen LogP contribution is -1.96. The van der Waals surface area contributed by atoms with Crippen LogP contribution in [-0.2, 0) is 6.61 Å². The molecule has 1 heterocycles. The van der Waals surface area contributed by atoms with Crippen molar-refractivity contribution in [3.8, 4) is 34.1 Å². The van der Waals surface area contributed by atoms with Gasteiger partial charge < -0.3 is 14.5 Å². The van der Waals surface area contributed by atoms with Crippen LogP contribution in [0.4, 0.5) is 5.69 Å². The molecule has 0 saturated carbocycles. The number of aromatic amines is 1. The number of benzene rings is 3. The molecule has 0 aliphatic carbocycles. The van der Waals surface area contributed by atoms with E-state index in [4.69, 9.17) is 27.6 Å². The first kappa shape index (κ1) is 19.6. The number of hydrogen-bond donors (Lipinski definition) is 1. The molecular weight excluding hydrogens is 398 g/mol. The monoisotopic (exact) mass is 415 g/mol. The van der Waals surface area contributed by atoms with Gasteiger partial charge in [-0.05, 0) is 29.8 Å². The predicted molar refractivity (Wildman–Crippen MR) is 118 cm³/mol. The van der Waals surface area contributed by atoms with E-state index in [0.29, 0.717) is 28.8 Å². The first-order valence-corrected chi connectivity index (χ1v) is 9.62. The van der Waals surface area contributed by atoms with Crippen LogP contribution in [0.2, 0.25) is 5.02 Å². The number of imidazole rings is 1. The highest BCUT2D eigenvalue weighted by Crippen LogP contribution is 2.34. The molecule has 0 radical (unpaired) electrons. The van der Waals surface area contributed by atoms with Crippen molar-refractivity contribution in [1.82, 2.24) is 9.97 Å². The molecule has 0 spiro atoms. The van der Waals surface area contributed by atoms with Crippen molar-refractivity contribution in [2.75, 3.05) is 7.11 Å². The highest BCUT2D eigenvalue weighted by molar-refractivity contribution is 6.30. The minimum Gasteiger partial charge on any atom is -0.496 e. The molecular formula is C24H18ClN3O2. The molecule has 3 aromatic carbocycles. The molecule has 148 valence electrons. The first-order valence-electron chi connectivity index (χ1n) is 9.25. The Bertz CT molecular complexity index is 1210. The largest absolute Gasteiger partial charge is 0.496 e. The third-order valence-corrected chi connectivity index (χ3v) is 4.84. The molecule has 4 aromatic rings. The highest BCUT2D eigenvalue weighted by Gasteiger charge is 2.12. The number of methoxy groups -OCH3 is 1. The first-order chi connectivity index (χ1) is 14.7. The summed E-state index contributed by atoms with van der Waals surface area (Å²) in [6.07, 6.45) is 1.77. The Hall–Kier alpha value is -3.75. The van der Waals surface area contributed by atoms with Gasteiger partial charge in [0.1, 0.15) is 23.9 Å².